The molecule has 0 N–H and O–H groups in total. The minimum absolute atomic E-state index is 0.107. The summed E-state index contributed by atoms with van der Waals surface area (Å²) in [5.74, 6) is 3.22. The van der Waals surface area contributed by atoms with Crippen LogP contribution < -0.4 is 13.9 Å². The minimum Gasteiger partial charge on any atom is -0.544 e. The van der Waals surface area contributed by atoms with Gasteiger partial charge < -0.3 is 18.3 Å². The van der Waals surface area contributed by atoms with Gasteiger partial charge >= 0.3 is 6.16 Å². The van der Waals surface area contributed by atoms with Gasteiger partial charge in [0.1, 0.15) is 17.2 Å². The first kappa shape index (κ1) is 39.2. The fraction of sp³-hybridized carbons (Fsp3) is 0.465. The molecule has 7 heteroatoms. The van der Waals surface area contributed by atoms with Crippen molar-refractivity contribution in [3.63, 3.8) is 0 Å². The molecule has 3 aromatic carbocycles. The lowest BCUT2D eigenvalue weighted by molar-refractivity contribution is 0.152. The molecule has 5 nitrogen and oxygen atoms in total. The van der Waals surface area contributed by atoms with E-state index >= 15 is 0 Å². The predicted molar refractivity (Wildman–Crippen MR) is 213 cm³/mol. The summed E-state index contributed by atoms with van der Waals surface area (Å²) in [6, 6.07) is 30.7. The van der Waals surface area contributed by atoms with Crippen molar-refractivity contribution in [2.45, 2.75) is 123 Å². The first-order valence-electron chi connectivity index (χ1n) is 18.8. The highest BCUT2D eigenvalue weighted by Crippen LogP contribution is 2.39. The lowest BCUT2D eigenvalue weighted by Gasteiger charge is -2.36. The summed E-state index contributed by atoms with van der Waals surface area (Å²) in [5, 5.41) is 0. The maximum Gasteiger partial charge on any atom is 0.519 e. The van der Waals surface area contributed by atoms with E-state index in [2.05, 4.69) is 112 Å². The molecule has 0 saturated carbocycles. The summed E-state index contributed by atoms with van der Waals surface area (Å²) in [6.07, 6.45) is 6.91. The van der Waals surface area contributed by atoms with Crippen LogP contribution in [0.2, 0.25) is 36.3 Å². The standard InChI is InChI=1S/C43H60O5Si2/c1-11-49(12-2,13-3)47-39-29-21-35(22-30-39)42(7,8)33-17-25-37(26-18-33)45-41(44)46-38-27-19-34(20-28-38)43(9,10)36-23-31-40(32-24-36)48-50(14-4,15-5)16-6/h17-23,25-32,36H,11-16,24H2,1-10H3. The highest BCUT2D eigenvalue weighted by molar-refractivity contribution is 6.74. The molecule has 1 aliphatic carbocycles. The average Bonchev–Trinajstić information content (AvgIpc) is 3.14. The Bertz CT molecular complexity index is 1580. The maximum absolute atomic E-state index is 12.7. The van der Waals surface area contributed by atoms with Gasteiger partial charge in [-0.3, -0.25) is 0 Å². The van der Waals surface area contributed by atoms with Gasteiger partial charge in [-0.05, 0) is 119 Å². The summed E-state index contributed by atoms with van der Waals surface area (Å²) in [4.78, 5) is 12.7. The quantitative estimate of drug-likeness (QED) is 0.0840. The molecule has 3 aromatic rings. The zero-order chi connectivity index (χ0) is 36.6. The van der Waals surface area contributed by atoms with Crippen LogP contribution >= 0.6 is 0 Å². The molecule has 0 aliphatic heterocycles. The molecule has 1 aliphatic rings. The minimum atomic E-state index is -1.72. The van der Waals surface area contributed by atoms with Crippen LogP contribution in [0.1, 0.15) is 92.3 Å². The van der Waals surface area contributed by atoms with Crippen molar-refractivity contribution in [1.82, 2.24) is 0 Å². The van der Waals surface area contributed by atoms with Crippen molar-refractivity contribution in [2.24, 2.45) is 5.92 Å². The molecule has 0 heterocycles. The van der Waals surface area contributed by atoms with Crippen LogP contribution in [0.5, 0.6) is 17.2 Å². The van der Waals surface area contributed by atoms with Crippen LogP contribution in [-0.4, -0.2) is 22.8 Å². The number of benzene rings is 3. The van der Waals surface area contributed by atoms with Crippen LogP contribution in [0.25, 0.3) is 0 Å². The van der Waals surface area contributed by atoms with Crippen LogP contribution in [0, 0.1) is 5.92 Å². The van der Waals surface area contributed by atoms with Gasteiger partial charge in [-0.25, -0.2) is 4.79 Å². The summed E-state index contributed by atoms with van der Waals surface area (Å²) < 4.78 is 24.3. The Morgan fingerprint density at radius 1 is 0.600 bits per heavy atom. The highest BCUT2D eigenvalue weighted by atomic mass is 28.4. The molecular formula is C43H60O5Si2. The number of hydrogen-bond donors (Lipinski definition) is 0. The Kier molecular flexibility index (Phi) is 13.1. The first-order chi connectivity index (χ1) is 23.8. The lowest BCUT2D eigenvalue weighted by Crippen LogP contribution is -2.39. The topological polar surface area (TPSA) is 54.0 Å². The number of carbonyl (C=O) groups is 1. The van der Waals surface area contributed by atoms with E-state index in [0.29, 0.717) is 17.4 Å². The maximum atomic E-state index is 12.7. The molecule has 4 rings (SSSR count). The fourth-order valence-corrected chi connectivity index (χ4v) is 12.2. The van der Waals surface area contributed by atoms with Crippen LogP contribution in [-0.2, 0) is 15.3 Å². The summed E-state index contributed by atoms with van der Waals surface area (Å²) in [7, 11) is -3.41. The van der Waals surface area contributed by atoms with E-state index in [9.17, 15) is 4.79 Å². The van der Waals surface area contributed by atoms with Crippen LogP contribution in [0.15, 0.2) is 96.8 Å². The number of allylic oxidation sites excluding steroid dienone is 3. The van der Waals surface area contributed by atoms with Gasteiger partial charge in [-0.2, -0.15) is 0 Å². The lowest BCUT2D eigenvalue weighted by atomic mass is 9.71. The van der Waals surface area contributed by atoms with Crippen LogP contribution in [0.3, 0.4) is 0 Å². The van der Waals surface area contributed by atoms with Gasteiger partial charge in [0.05, 0.1) is 5.76 Å². The summed E-state index contributed by atoms with van der Waals surface area (Å²) in [5.41, 5.74) is 3.15. The van der Waals surface area contributed by atoms with E-state index in [0.717, 1.165) is 59.8 Å². The van der Waals surface area contributed by atoms with Crippen LogP contribution in [0.4, 0.5) is 4.79 Å². The third-order valence-corrected chi connectivity index (χ3v) is 20.7. The van der Waals surface area contributed by atoms with E-state index in [4.69, 9.17) is 18.3 Å². The summed E-state index contributed by atoms with van der Waals surface area (Å²) in [6.45, 7) is 22.5. The van der Waals surface area contributed by atoms with Gasteiger partial charge in [-0.15, -0.1) is 0 Å². The number of carbonyl (C=O) groups excluding carboxylic acids is 1. The molecule has 50 heavy (non-hydrogen) atoms. The molecular weight excluding hydrogens is 653 g/mol. The predicted octanol–water partition coefficient (Wildman–Crippen LogP) is 12.7. The van der Waals surface area contributed by atoms with E-state index in [1.807, 2.05) is 48.5 Å². The zero-order valence-electron chi connectivity index (χ0n) is 32.2. The molecule has 0 bridgehead atoms. The van der Waals surface area contributed by atoms with Gasteiger partial charge in [0, 0.05) is 5.41 Å². The van der Waals surface area contributed by atoms with Crippen molar-refractivity contribution in [2.75, 3.05) is 0 Å². The van der Waals surface area contributed by atoms with Gasteiger partial charge in [0.15, 0.2) is 0 Å². The normalized spacial score (nSPS) is 15.3. The van der Waals surface area contributed by atoms with Crippen molar-refractivity contribution in [1.29, 1.82) is 0 Å². The van der Waals surface area contributed by atoms with Crippen molar-refractivity contribution in [3.8, 4) is 17.2 Å². The second-order valence-electron chi connectivity index (χ2n) is 14.9. The Morgan fingerprint density at radius 2 is 1.00 bits per heavy atom. The number of hydrogen-bond acceptors (Lipinski definition) is 5. The summed E-state index contributed by atoms with van der Waals surface area (Å²) >= 11 is 0. The molecule has 1 atom stereocenters. The first-order valence-corrected chi connectivity index (χ1v) is 23.8. The third kappa shape index (κ3) is 9.02. The molecule has 0 radical (unpaired) electrons. The molecule has 270 valence electrons. The van der Waals surface area contributed by atoms with E-state index in [-0.39, 0.29) is 10.8 Å². The Hall–Kier alpha value is -3.56. The SMILES string of the molecule is CC[Si](CC)(CC)OC1=CCC(C(C)(C)c2ccc(OC(=O)Oc3ccc(C(C)(C)c4ccc(O[Si](CC)(CC)CC)cc4)cc3)cc2)C=C1. The number of rotatable bonds is 16. The van der Waals surface area contributed by atoms with Gasteiger partial charge in [0.25, 0.3) is 0 Å². The van der Waals surface area contributed by atoms with Crippen molar-refractivity contribution >= 4 is 22.8 Å². The van der Waals surface area contributed by atoms with Gasteiger partial charge in [0.2, 0.25) is 16.6 Å². The Morgan fingerprint density at radius 3 is 1.40 bits per heavy atom. The fourth-order valence-electron chi connectivity index (χ4n) is 7.07. The zero-order valence-corrected chi connectivity index (χ0v) is 34.2. The Labute approximate surface area is 304 Å². The molecule has 0 amide bonds. The largest absolute Gasteiger partial charge is 0.544 e. The molecule has 0 saturated heterocycles. The van der Waals surface area contributed by atoms with Crippen molar-refractivity contribution < 1.29 is 23.1 Å². The Balaban J connectivity index is 1.33. The molecule has 0 spiro atoms. The van der Waals surface area contributed by atoms with Crippen molar-refractivity contribution in [3.05, 3.63) is 113 Å². The average molecular weight is 713 g/mol. The van der Waals surface area contributed by atoms with Gasteiger partial charge in [-0.1, -0.05) is 112 Å². The van der Waals surface area contributed by atoms with E-state index < -0.39 is 22.8 Å². The molecule has 1 unspecified atom stereocenters. The highest BCUT2D eigenvalue weighted by Gasteiger charge is 2.34. The smallest absolute Gasteiger partial charge is 0.519 e. The number of ether oxygens (including phenoxy) is 2. The monoisotopic (exact) mass is 712 g/mol. The second-order valence-corrected chi connectivity index (χ2v) is 24.3. The second kappa shape index (κ2) is 16.6. The van der Waals surface area contributed by atoms with E-state index in [1.54, 1.807) is 0 Å². The third-order valence-electron chi connectivity index (χ3n) is 11.7. The van der Waals surface area contributed by atoms with E-state index in [1.165, 1.54) is 11.1 Å². The molecule has 0 aromatic heterocycles. The molecule has 0 fully saturated rings.